The van der Waals surface area contributed by atoms with Crippen molar-refractivity contribution < 1.29 is 9.53 Å². The average molecular weight is 334 g/mol. The summed E-state index contributed by atoms with van der Waals surface area (Å²) in [5, 5.41) is 0. The molecule has 0 aliphatic heterocycles. The quantitative estimate of drug-likeness (QED) is 0.703. The van der Waals surface area contributed by atoms with Gasteiger partial charge in [-0.25, -0.2) is 0 Å². The van der Waals surface area contributed by atoms with E-state index in [1.54, 1.807) is 24.5 Å². The van der Waals surface area contributed by atoms with Gasteiger partial charge in [-0.05, 0) is 30.2 Å². The Labute approximate surface area is 145 Å². The van der Waals surface area contributed by atoms with E-state index in [-0.39, 0.29) is 17.8 Å². The molecule has 2 aromatic heterocycles. The Balaban J connectivity index is 1.79. The number of aromatic nitrogens is 2. The number of aryl methyl sites for hydroxylation is 1. The first-order chi connectivity index (χ1) is 12.1. The summed E-state index contributed by atoms with van der Waals surface area (Å²) in [4.78, 5) is 31.2. The Bertz CT molecular complexity index is 933. The molecule has 0 bridgehead atoms. The lowest BCUT2D eigenvalue weighted by Gasteiger charge is -2.10. The van der Waals surface area contributed by atoms with Gasteiger partial charge in [-0.2, -0.15) is 0 Å². The predicted molar refractivity (Wildman–Crippen MR) is 94.8 cm³/mol. The van der Waals surface area contributed by atoms with Crippen molar-refractivity contribution in [2.75, 3.05) is 0 Å². The van der Waals surface area contributed by atoms with Gasteiger partial charge in [-0.1, -0.05) is 30.3 Å². The zero-order valence-corrected chi connectivity index (χ0v) is 13.9. The van der Waals surface area contributed by atoms with Gasteiger partial charge in [0.1, 0.15) is 12.4 Å². The van der Waals surface area contributed by atoms with Crippen LogP contribution in [0, 0.1) is 6.92 Å². The number of nitrogens with zero attached hydrogens (tertiary/aromatic N) is 1. The Morgan fingerprint density at radius 2 is 2.00 bits per heavy atom. The molecule has 126 valence electrons. The van der Waals surface area contributed by atoms with E-state index in [1.165, 1.54) is 6.20 Å². The SMILES string of the molecule is Cc1c[nH]c(=O)c(CC(=O)c2ccncc2OCc2ccccc2)c1. The molecule has 25 heavy (non-hydrogen) atoms. The number of nitrogens with one attached hydrogen (secondary N) is 1. The second-order valence-corrected chi connectivity index (χ2v) is 5.78. The zero-order valence-electron chi connectivity index (χ0n) is 13.9. The fraction of sp³-hybridized carbons (Fsp3) is 0.150. The minimum atomic E-state index is -0.250. The van der Waals surface area contributed by atoms with E-state index in [4.69, 9.17) is 4.74 Å². The van der Waals surface area contributed by atoms with E-state index in [1.807, 2.05) is 37.3 Å². The maximum atomic E-state index is 12.6. The molecule has 0 saturated heterocycles. The highest BCUT2D eigenvalue weighted by molar-refractivity contribution is 5.99. The second-order valence-electron chi connectivity index (χ2n) is 5.78. The molecular weight excluding hydrogens is 316 g/mol. The molecule has 5 nitrogen and oxygen atoms in total. The van der Waals surface area contributed by atoms with Crippen LogP contribution in [0.5, 0.6) is 5.75 Å². The van der Waals surface area contributed by atoms with E-state index in [9.17, 15) is 9.59 Å². The van der Waals surface area contributed by atoms with Crippen molar-refractivity contribution in [2.45, 2.75) is 20.0 Å². The summed E-state index contributed by atoms with van der Waals surface area (Å²) in [5.41, 5.74) is 2.51. The van der Waals surface area contributed by atoms with Gasteiger partial charge in [-0.15, -0.1) is 0 Å². The third-order valence-electron chi connectivity index (χ3n) is 3.80. The van der Waals surface area contributed by atoms with Crippen LogP contribution < -0.4 is 10.3 Å². The Morgan fingerprint density at radius 1 is 1.20 bits per heavy atom. The average Bonchev–Trinajstić information content (AvgIpc) is 2.64. The second kappa shape index (κ2) is 7.57. The van der Waals surface area contributed by atoms with Gasteiger partial charge in [0, 0.05) is 24.4 Å². The molecule has 0 saturated carbocycles. The number of H-pyrrole nitrogens is 1. The zero-order chi connectivity index (χ0) is 17.6. The number of hydrogen-bond acceptors (Lipinski definition) is 4. The number of ether oxygens (including phenoxy) is 1. The van der Waals surface area contributed by atoms with Crippen LogP contribution in [0.3, 0.4) is 0 Å². The topological polar surface area (TPSA) is 72.0 Å². The number of carbonyl (C=O) groups is 1. The largest absolute Gasteiger partial charge is 0.487 e. The van der Waals surface area contributed by atoms with Gasteiger partial charge in [-0.3, -0.25) is 14.6 Å². The molecule has 5 heteroatoms. The molecule has 3 rings (SSSR count). The van der Waals surface area contributed by atoms with Crippen LogP contribution in [0.4, 0.5) is 0 Å². The maximum Gasteiger partial charge on any atom is 0.251 e. The molecule has 0 aliphatic rings. The molecule has 2 heterocycles. The van der Waals surface area contributed by atoms with Gasteiger partial charge in [0.15, 0.2) is 5.78 Å². The molecule has 0 spiro atoms. The molecule has 0 atom stereocenters. The third-order valence-corrected chi connectivity index (χ3v) is 3.80. The first-order valence-electron chi connectivity index (χ1n) is 7.95. The Morgan fingerprint density at radius 3 is 2.80 bits per heavy atom. The number of ketones is 1. The summed E-state index contributed by atoms with van der Waals surface area (Å²) < 4.78 is 5.77. The van der Waals surface area contributed by atoms with E-state index in [0.717, 1.165) is 11.1 Å². The third kappa shape index (κ3) is 4.20. The monoisotopic (exact) mass is 334 g/mol. The van der Waals surface area contributed by atoms with E-state index in [2.05, 4.69) is 9.97 Å². The highest BCUT2D eigenvalue weighted by Gasteiger charge is 2.15. The minimum Gasteiger partial charge on any atom is -0.487 e. The van der Waals surface area contributed by atoms with Crippen molar-refractivity contribution in [1.82, 2.24) is 9.97 Å². The number of pyridine rings is 2. The number of Topliss-reactive ketones (excluding diaryl/α,β-unsaturated/α-hetero) is 1. The number of hydrogen-bond donors (Lipinski definition) is 1. The standard InChI is InChI=1S/C20H18N2O3/c1-14-9-16(20(24)22-11-14)10-18(23)17-7-8-21-12-19(17)25-13-15-5-3-2-4-6-15/h2-9,11-12H,10,13H2,1H3,(H,22,24). The molecule has 0 unspecified atom stereocenters. The Kier molecular flexibility index (Phi) is 5.04. The molecule has 0 aliphatic carbocycles. The van der Waals surface area contributed by atoms with Crippen molar-refractivity contribution >= 4 is 5.78 Å². The van der Waals surface area contributed by atoms with Crippen molar-refractivity contribution in [3.05, 3.63) is 93.7 Å². The van der Waals surface area contributed by atoms with Crippen LogP contribution >= 0.6 is 0 Å². The molecule has 1 N–H and O–H groups in total. The number of benzene rings is 1. The number of carbonyl (C=O) groups excluding carboxylic acids is 1. The number of rotatable bonds is 6. The van der Waals surface area contributed by atoms with Crippen LogP contribution in [0.1, 0.15) is 27.0 Å². The normalized spacial score (nSPS) is 10.4. The fourth-order valence-electron chi connectivity index (χ4n) is 2.51. The first-order valence-corrected chi connectivity index (χ1v) is 7.95. The lowest BCUT2D eigenvalue weighted by Crippen LogP contribution is -2.17. The summed E-state index contributed by atoms with van der Waals surface area (Å²) in [6.07, 6.45) is 4.71. The number of aromatic amines is 1. The molecule has 0 amide bonds. The van der Waals surface area contributed by atoms with Crippen molar-refractivity contribution in [1.29, 1.82) is 0 Å². The Hall–Kier alpha value is -3.21. The lowest BCUT2D eigenvalue weighted by molar-refractivity contribution is 0.0988. The highest BCUT2D eigenvalue weighted by Crippen LogP contribution is 2.20. The molecule has 0 fully saturated rings. The predicted octanol–water partition coefficient (Wildman–Crippen LogP) is 3.08. The maximum absolute atomic E-state index is 12.6. The molecule has 3 aromatic rings. The van der Waals surface area contributed by atoms with Crippen LogP contribution in [0.15, 0.2) is 65.8 Å². The smallest absolute Gasteiger partial charge is 0.251 e. The van der Waals surface area contributed by atoms with Crippen LogP contribution in [-0.2, 0) is 13.0 Å². The molecule has 0 radical (unpaired) electrons. The van der Waals surface area contributed by atoms with Gasteiger partial charge < -0.3 is 9.72 Å². The summed E-state index contributed by atoms with van der Waals surface area (Å²) >= 11 is 0. The minimum absolute atomic E-state index is 0.0166. The fourth-order valence-corrected chi connectivity index (χ4v) is 2.51. The van der Waals surface area contributed by atoms with Crippen LogP contribution in [0.25, 0.3) is 0 Å². The first kappa shape index (κ1) is 16.6. The van der Waals surface area contributed by atoms with E-state index < -0.39 is 0 Å². The van der Waals surface area contributed by atoms with Crippen molar-refractivity contribution in [3.63, 3.8) is 0 Å². The van der Waals surface area contributed by atoms with Crippen LogP contribution in [-0.4, -0.2) is 15.8 Å². The van der Waals surface area contributed by atoms with E-state index >= 15 is 0 Å². The lowest BCUT2D eigenvalue weighted by atomic mass is 10.0. The summed E-state index contributed by atoms with van der Waals surface area (Å²) in [7, 11) is 0. The summed E-state index contributed by atoms with van der Waals surface area (Å²) in [5.74, 6) is 0.238. The molecule has 1 aromatic carbocycles. The van der Waals surface area contributed by atoms with Crippen molar-refractivity contribution in [2.24, 2.45) is 0 Å². The van der Waals surface area contributed by atoms with Gasteiger partial charge in [0.05, 0.1) is 11.8 Å². The van der Waals surface area contributed by atoms with Gasteiger partial charge >= 0.3 is 0 Å². The van der Waals surface area contributed by atoms with Gasteiger partial charge in [0.2, 0.25) is 0 Å². The van der Waals surface area contributed by atoms with E-state index in [0.29, 0.717) is 23.5 Å². The van der Waals surface area contributed by atoms with Crippen LogP contribution in [0.2, 0.25) is 0 Å². The molecular formula is C20H18N2O3. The van der Waals surface area contributed by atoms with Gasteiger partial charge in [0.25, 0.3) is 5.56 Å². The van der Waals surface area contributed by atoms with Crippen molar-refractivity contribution in [3.8, 4) is 5.75 Å². The summed E-state index contributed by atoms with van der Waals surface area (Å²) in [6.45, 7) is 2.21. The highest BCUT2D eigenvalue weighted by atomic mass is 16.5. The summed E-state index contributed by atoms with van der Waals surface area (Å²) in [6, 6.07) is 13.0.